The predicted molar refractivity (Wildman–Crippen MR) is 75.6 cm³/mol. The highest BCUT2D eigenvalue weighted by Crippen LogP contribution is 2.20. The summed E-state index contributed by atoms with van der Waals surface area (Å²) >= 11 is 3.09. The lowest BCUT2D eigenvalue weighted by Gasteiger charge is -2.10. The average molecular weight is 338 g/mol. The fourth-order valence-corrected chi connectivity index (χ4v) is 2.32. The molecule has 1 aliphatic heterocycles. The maximum atomic E-state index is 13.0. The largest absolute Gasteiger partial charge is 0.326 e. The molecule has 1 aromatic carbocycles. The number of hydrogen-bond donors (Lipinski definition) is 2. The fourth-order valence-electron chi connectivity index (χ4n) is 1.94. The van der Waals surface area contributed by atoms with E-state index in [2.05, 4.69) is 26.6 Å². The van der Waals surface area contributed by atoms with Gasteiger partial charge in [0.1, 0.15) is 5.82 Å². The molecule has 0 aliphatic carbocycles. The van der Waals surface area contributed by atoms with Crippen LogP contribution < -0.4 is 10.6 Å². The van der Waals surface area contributed by atoms with Crippen LogP contribution in [0.5, 0.6) is 0 Å². The molecule has 3 nitrogen and oxygen atoms in total. The van der Waals surface area contributed by atoms with E-state index in [1.807, 2.05) is 0 Å². The van der Waals surface area contributed by atoms with Gasteiger partial charge in [0, 0.05) is 18.2 Å². The van der Waals surface area contributed by atoms with Crippen LogP contribution in [-0.2, 0) is 4.79 Å². The first-order chi connectivity index (χ1) is 8.15. The molecule has 1 unspecified atom stereocenters. The normalized spacial score (nSPS) is 18.2. The summed E-state index contributed by atoms with van der Waals surface area (Å²) in [7, 11) is 0. The Balaban J connectivity index is 0.00000162. The molecule has 1 saturated heterocycles. The zero-order valence-electron chi connectivity index (χ0n) is 9.71. The Morgan fingerprint density at radius 3 is 2.94 bits per heavy atom. The van der Waals surface area contributed by atoms with Crippen molar-refractivity contribution in [2.75, 3.05) is 11.9 Å². The van der Waals surface area contributed by atoms with E-state index in [1.54, 1.807) is 12.1 Å². The van der Waals surface area contributed by atoms with Gasteiger partial charge in [-0.3, -0.25) is 4.79 Å². The van der Waals surface area contributed by atoms with Gasteiger partial charge in [-0.15, -0.1) is 12.4 Å². The van der Waals surface area contributed by atoms with Crippen molar-refractivity contribution < 1.29 is 9.18 Å². The molecule has 2 N–H and O–H groups in total. The molecule has 1 aromatic rings. The molecule has 18 heavy (non-hydrogen) atoms. The minimum absolute atomic E-state index is 0. The molecule has 1 aliphatic rings. The molecule has 0 bridgehead atoms. The van der Waals surface area contributed by atoms with E-state index in [9.17, 15) is 9.18 Å². The lowest BCUT2D eigenvalue weighted by molar-refractivity contribution is -0.116. The molecule has 1 atom stereocenters. The molecule has 6 heteroatoms. The highest BCUT2D eigenvalue weighted by molar-refractivity contribution is 9.10. The van der Waals surface area contributed by atoms with E-state index in [1.165, 1.54) is 6.07 Å². The summed E-state index contributed by atoms with van der Waals surface area (Å²) in [6.07, 6.45) is 2.63. The number of carbonyl (C=O) groups excluding carboxylic acids is 1. The fraction of sp³-hybridized carbons (Fsp3) is 0.417. The predicted octanol–water partition coefficient (Wildman–Crippen LogP) is 3.09. The Kier molecular flexibility index (Phi) is 6.05. The maximum Gasteiger partial charge on any atom is 0.225 e. The Morgan fingerprint density at radius 1 is 1.56 bits per heavy atom. The van der Waals surface area contributed by atoms with E-state index in [-0.39, 0.29) is 30.2 Å². The van der Waals surface area contributed by atoms with Crippen LogP contribution in [0, 0.1) is 5.82 Å². The second-order valence-corrected chi connectivity index (χ2v) is 5.03. The van der Waals surface area contributed by atoms with Crippen LogP contribution >= 0.6 is 28.3 Å². The van der Waals surface area contributed by atoms with Crippen molar-refractivity contribution in [3.05, 3.63) is 28.5 Å². The van der Waals surface area contributed by atoms with Crippen LogP contribution in [0.1, 0.15) is 19.3 Å². The zero-order chi connectivity index (χ0) is 12.3. The van der Waals surface area contributed by atoms with Gasteiger partial charge in [-0.05, 0) is 53.5 Å². The van der Waals surface area contributed by atoms with E-state index in [0.29, 0.717) is 16.6 Å². The third-order valence-corrected chi connectivity index (χ3v) is 3.41. The number of rotatable bonds is 3. The van der Waals surface area contributed by atoms with Gasteiger partial charge in [-0.2, -0.15) is 0 Å². The van der Waals surface area contributed by atoms with Gasteiger partial charge in [-0.1, -0.05) is 0 Å². The van der Waals surface area contributed by atoms with Crippen molar-refractivity contribution >= 4 is 39.9 Å². The van der Waals surface area contributed by atoms with E-state index < -0.39 is 0 Å². The van der Waals surface area contributed by atoms with Gasteiger partial charge < -0.3 is 10.6 Å². The third-order valence-electron chi connectivity index (χ3n) is 2.80. The van der Waals surface area contributed by atoms with Crippen LogP contribution in [0.3, 0.4) is 0 Å². The first-order valence-electron chi connectivity index (χ1n) is 5.63. The monoisotopic (exact) mass is 336 g/mol. The van der Waals surface area contributed by atoms with Crippen molar-refractivity contribution in [1.82, 2.24) is 5.32 Å². The average Bonchev–Trinajstić information content (AvgIpc) is 2.76. The van der Waals surface area contributed by atoms with Crippen molar-refractivity contribution in [2.45, 2.75) is 25.3 Å². The van der Waals surface area contributed by atoms with Crippen LogP contribution in [0.25, 0.3) is 0 Å². The molecule has 0 saturated carbocycles. The van der Waals surface area contributed by atoms with Gasteiger partial charge in [-0.25, -0.2) is 4.39 Å². The highest BCUT2D eigenvalue weighted by Gasteiger charge is 2.17. The first kappa shape index (κ1) is 15.4. The smallest absolute Gasteiger partial charge is 0.225 e. The lowest BCUT2D eigenvalue weighted by atomic mass is 10.1. The van der Waals surface area contributed by atoms with Gasteiger partial charge in [0.25, 0.3) is 0 Å². The van der Waals surface area contributed by atoms with Gasteiger partial charge in [0.15, 0.2) is 0 Å². The molecule has 1 amide bonds. The molecule has 2 rings (SSSR count). The van der Waals surface area contributed by atoms with Crippen LogP contribution in [-0.4, -0.2) is 18.5 Å². The van der Waals surface area contributed by atoms with Gasteiger partial charge in [0.2, 0.25) is 5.91 Å². The molecule has 100 valence electrons. The maximum absolute atomic E-state index is 13.0. The van der Waals surface area contributed by atoms with Crippen molar-refractivity contribution in [3.8, 4) is 0 Å². The number of carbonyl (C=O) groups is 1. The number of halogens is 3. The standard InChI is InChI=1S/C12H14BrFN2O.ClH/c13-10-6-9(3-4-11(10)14)16-12(17)7-8-2-1-5-15-8;/h3-4,6,8,15H,1-2,5,7H2,(H,16,17);1H. The molecular weight excluding hydrogens is 322 g/mol. The number of anilines is 1. The molecular formula is C12H15BrClFN2O. The molecule has 0 aromatic heterocycles. The van der Waals surface area contributed by atoms with Crippen molar-refractivity contribution in [1.29, 1.82) is 0 Å². The summed E-state index contributed by atoms with van der Waals surface area (Å²) in [4.78, 5) is 11.7. The number of amides is 1. The molecule has 1 heterocycles. The summed E-state index contributed by atoms with van der Waals surface area (Å²) < 4.78 is 13.3. The Labute approximate surface area is 120 Å². The Hall–Kier alpha value is -0.650. The SMILES string of the molecule is Cl.O=C(CC1CCCN1)Nc1ccc(F)c(Br)c1. The minimum atomic E-state index is -0.333. The summed E-state index contributed by atoms with van der Waals surface area (Å²) in [6.45, 7) is 0.986. The lowest BCUT2D eigenvalue weighted by Crippen LogP contribution is -2.27. The zero-order valence-corrected chi connectivity index (χ0v) is 12.1. The quantitative estimate of drug-likeness (QED) is 0.890. The minimum Gasteiger partial charge on any atom is -0.326 e. The first-order valence-corrected chi connectivity index (χ1v) is 6.43. The second kappa shape index (κ2) is 7.07. The number of nitrogens with one attached hydrogen (secondary N) is 2. The second-order valence-electron chi connectivity index (χ2n) is 4.17. The number of benzene rings is 1. The molecule has 1 fully saturated rings. The van der Waals surface area contributed by atoms with Gasteiger partial charge >= 0.3 is 0 Å². The van der Waals surface area contributed by atoms with Crippen molar-refractivity contribution in [3.63, 3.8) is 0 Å². The summed E-state index contributed by atoms with van der Waals surface area (Å²) in [5.41, 5.74) is 0.612. The van der Waals surface area contributed by atoms with Crippen LogP contribution in [0.15, 0.2) is 22.7 Å². The highest BCUT2D eigenvalue weighted by atomic mass is 79.9. The summed E-state index contributed by atoms with van der Waals surface area (Å²) in [5.74, 6) is -0.372. The summed E-state index contributed by atoms with van der Waals surface area (Å²) in [6, 6.07) is 4.72. The van der Waals surface area contributed by atoms with Crippen LogP contribution in [0.2, 0.25) is 0 Å². The van der Waals surface area contributed by atoms with E-state index in [0.717, 1.165) is 19.4 Å². The molecule has 0 radical (unpaired) electrons. The topological polar surface area (TPSA) is 41.1 Å². The summed E-state index contributed by atoms with van der Waals surface area (Å²) in [5, 5.41) is 6.02. The third kappa shape index (κ3) is 4.23. The Morgan fingerprint density at radius 2 is 2.33 bits per heavy atom. The number of hydrogen-bond acceptors (Lipinski definition) is 2. The molecule has 0 spiro atoms. The van der Waals surface area contributed by atoms with E-state index >= 15 is 0 Å². The Bertz CT molecular complexity index is 425. The van der Waals surface area contributed by atoms with E-state index in [4.69, 9.17) is 0 Å². The van der Waals surface area contributed by atoms with Crippen molar-refractivity contribution in [2.24, 2.45) is 0 Å². The van der Waals surface area contributed by atoms with Crippen LogP contribution in [0.4, 0.5) is 10.1 Å². The van der Waals surface area contributed by atoms with Gasteiger partial charge in [0.05, 0.1) is 4.47 Å².